The molecule has 154 valence electrons. The summed E-state index contributed by atoms with van der Waals surface area (Å²) in [5, 5.41) is 39.2. The fraction of sp³-hybridized carbons (Fsp3) is 0.381. The van der Waals surface area contributed by atoms with E-state index in [1.165, 1.54) is 12.1 Å². The number of hydrogen-bond donors (Lipinski definition) is 4. The van der Waals surface area contributed by atoms with Crippen LogP contribution in [-0.4, -0.2) is 63.5 Å². The molecular formula is C21H22O8. The molecule has 2 aliphatic rings. The molecule has 0 amide bonds. The van der Waals surface area contributed by atoms with Gasteiger partial charge < -0.3 is 34.6 Å². The Kier molecular flexibility index (Phi) is 5.53. The van der Waals surface area contributed by atoms with E-state index < -0.39 is 43.4 Å². The van der Waals surface area contributed by atoms with Crippen molar-refractivity contribution in [3.63, 3.8) is 0 Å². The third kappa shape index (κ3) is 3.85. The lowest BCUT2D eigenvalue weighted by atomic mass is 9.96. The van der Waals surface area contributed by atoms with E-state index >= 15 is 0 Å². The van der Waals surface area contributed by atoms with Gasteiger partial charge in [-0.15, -0.1) is 0 Å². The number of rotatable bonds is 4. The number of ether oxygens (including phenoxy) is 3. The van der Waals surface area contributed by atoms with Crippen LogP contribution < -0.4 is 9.47 Å². The van der Waals surface area contributed by atoms with Crippen molar-refractivity contribution in [1.82, 2.24) is 0 Å². The van der Waals surface area contributed by atoms with E-state index in [-0.39, 0.29) is 18.0 Å². The summed E-state index contributed by atoms with van der Waals surface area (Å²) >= 11 is 0. The first-order valence-electron chi connectivity index (χ1n) is 9.34. The Hall–Kier alpha value is -2.49. The predicted octanol–water partition coefficient (Wildman–Crippen LogP) is 0.572. The first-order valence-corrected chi connectivity index (χ1v) is 9.34. The Bertz CT molecular complexity index is 868. The van der Waals surface area contributed by atoms with Gasteiger partial charge in [-0.1, -0.05) is 30.3 Å². The minimum absolute atomic E-state index is 0.0560. The van der Waals surface area contributed by atoms with Crippen molar-refractivity contribution in [3.8, 4) is 11.5 Å². The minimum atomic E-state index is -1.54. The van der Waals surface area contributed by atoms with Gasteiger partial charge in [0.05, 0.1) is 18.6 Å². The third-order valence-corrected chi connectivity index (χ3v) is 5.17. The molecule has 0 unspecified atom stereocenters. The molecule has 2 aliphatic heterocycles. The van der Waals surface area contributed by atoms with Gasteiger partial charge in [0, 0.05) is 6.07 Å². The molecule has 0 spiro atoms. The van der Waals surface area contributed by atoms with Gasteiger partial charge in [-0.25, -0.2) is 0 Å². The SMILES string of the molecule is O=C1C[C@@H](c2ccccc2)Oc2cc(O[C@@H]3O[C@H](CO)[C@@H](O)[C@H](O)[C@@H]3O)ccc21. The van der Waals surface area contributed by atoms with Gasteiger partial charge in [0.1, 0.15) is 42.0 Å². The summed E-state index contributed by atoms with van der Waals surface area (Å²) in [6.45, 7) is -0.550. The van der Waals surface area contributed by atoms with Crippen LogP contribution in [0.15, 0.2) is 48.5 Å². The van der Waals surface area contributed by atoms with Crippen molar-refractivity contribution in [2.45, 2.75) is 43.2 Å². The number of benzene rings is 2. The third-order valence-electron chi connectivity index (χ3n) is 5.17. The lowest BCUT2D eigenvalue weighted by Crippen LogP contribution is -2.60. The summed E-state index contributed by atoms with van der Waals surface area (Å²) in [6, 6.07) is 14.0. The maximum Gasteiger partial charge on any atom is 0.229 e. The molecule has 0 bridgehead atoms. The second-order valence-corrected chi connectivity index (χ2v) is 7.12. The molecule has 4 rings (SSSR count). The lowest BCUT2D eigenvalue weighted by Gasteiger charge is -2.39. The van der Waals surface area contributed by atoms with Gasteiger partial charge in [-0.3, -0.25) is 4.79 Å². The monoisotopic (exact) mass is 402 g/mol. The normalized spacial score (nSPS) is 31.7. The van der Waals surface area contributed by atoms with Crippen LogP contribution in [0.3, 0.4) is 0 Å². The van der Waals surface area contributed by atoms with E-state index in [4.69, 9.17) is 14.2 Å². The van der Waals surface area contributed by atoms with Crippen molar-refractivity contribution >= 4 is 5.78 Å². The fourth-order valence-electron chi connectivity index (χ4n) is 3.53. The summed E-state index contributed by atoms with van der Waals surface area (Å²) in [5.41, 5.74) is 1.31. The average molecular weight is 402 g/mol. The number of carbonyl (C=O) groups is 1. The van der Waals surface area contributed by atoms with Crippen molar-refractivity contribution in [2.24, 2.45) is 0 Å². The van der Waals surface area contributed by atoms with Gasteiger partial charge >= 0.3 is 0 Å². The number of fused-ring (bicyclic) bond motifs is 1. The summed E-state index contributed by atoms with van der Waals surface area (Å²) in [6.07, 6.45) is -7.11. The largest absolute Gasteiger partial charge is 0.484 e. The summed E-state index contributed by atoms with van der Waals surface area (Å²) < 4.78 is 17.0. The van der Waals surface area contributed by atoms with Crippen LogP contribution in [0.2, 0.25) is 0 Å². The van der Waals surface area contributed by atoms with Gasteiger partial charge in [0.2, 0.25) is 6.29 Å². The molecular weight excluding hydrogens is 380 g/mol. The quantitative estimate of drug-likeness (QED) is 0.585. The number of hydrogen-bond acceptors (Lipinski definition) is 8. The van der Waals surface area contributed by atoms with E-state index in [1.807, 2.05) is 30.3 Å². The zero-order chi connectivity index (χ0) is 20.5. The van der Waals surface area contributed by atoms with Crippen LogP contribution >= 0.6 is 0 Å². The second-order valence-electron chi connectivity index (χ2n) is 7.12. The zero-order valence-corrected chi connectivity index (χ0v) is 15.4. The molecule has 1 saturated heterocycles. The van der Waals surface area contributed by atoms with Crippen LogP contribution in [-0.2, 0) is 4.74 Å². The maximum absolute atomic E-state index is 12.5. The second kappa shape index (κ2) is 8.10. The first-order chi connectivity index (χ1) is 14.0. The highest BCUT2D eigenvalue weighted by molar-refractivity contribution is 6.00. The Balaban J connectivity index is 1.54. The van der Waals surface area contributed by atoms with Gasteiger partial charge in [-0.05, 0) is 17.7 Å². The van der Waals surface area contributed by atoms with E-state index in [0.29, 0.717) is 11.3 Å². The van der Waals surface area contributed by atoms with Crippen LogP contribution in [0.4, 0.5) is 0 Å². The van der Waals surface area contributed by atoms with E-state index in [0.717, 1.165) is 5.56 Å². The summed E-state index contributed by atoms with van der Waals surface area (Å²) in [7, 11) is 0. The highest BCUT2D eigenvalue weighted by Gasteiger charge is 2.44. The topological polar surface area (TPSA) is 126 Å². The van der Waals surface area contributed by atoms with Crippen molar-refractivity contribution in [2.75, 3.05) is 6.61 Å². The molecule has 29 heavy (non-hydrogen) atoms. The summed E-state index contributed by atoms with van der Waals surface area (Å²) in [5.74, 6) is 0.534. The van der Waals surface area contributed by atoms with Gasteiger partial charge in [-0.2, -0.15) is 0 Å². The van der Waals surface area contributed by atoms with E-state index in [9.17, 15) is 25.2 Å². The molecule has 2 heterocycles. The van der Waals surface area contributed by atoms with Crippen molar-refractivity contribution < 1.29 is 39.4 Å². The highest BCUT2D eigenvalue weighted by Crippen LogP contribution is 2.37. The number of aliphatic hydroxyl groups excluding tert-OH is 4. The molecule has 8 heteroatoms. The minimum Gasteiger partial charge on any atom is -0.484 e. The molecule has 1 fully saturated rings. The van der Waals surface area contributed by atoms with Crippen LogP contribution in [0, 0.1) is 0 Å². The Labute approximate surface area is 166 Å². The molecule has 8 nitrogen and oxygen atoms in total. The molecule has 0 radical (unpaired) electrons. The van der Waals surface area contributed by atoms with E-state index in [2.05, 4.69) is 0 Å². The first kappa shape index (κ1) is 19.8. The van der Waals surface area contributed by atoms with Gasteiger partial charge in [0.15, 0.2) is 5.78 Å². The Morgan fingerprint density at radius 1 is 1.00 bits per heavy atom. The summed E-state index contributed by atoms with van der Waals surface area (Å²) in [4.78, 5) is 12.5. The number of carbonyl (C=O) groups excluding carboxylic acids is 1. The zero-order valence-electron chi connectivity index (χ0n) is 15.4. The Morgan fingerprint density at radius 2 is 1.76 bits per heavy atom. The molecule has 4 N–H and O–H groups in total. The average Bonchev–Trinajstić information content (AvgIpc) is 2.74. The number of ketones is 1. The van der Waals surface area contributed by atoms with E-state index in [1.54, 1.807) is 6.07 Å². The molecule has 6 atom stereocenters. The smallest absolute Gasteiger partial charge is 0.229 e. The molecule has 2 aromatic rings. The van der Waals surface area contributed by atoms with Crippen molar-refractivity contribution in [1.29, 1.82) is 0 Å². The molecule has 0 aliphatic carbocycles. The molecule has 0 aromatic heterocycles. The predicted molar refractivity (Wildman–Crippen MR) is 99.6 cm³/mol. The van der Waals surface area contributed by atoms with Crippen molar-refractivity contribution in [3.05, 3.63) is 59.7 Å². The van der Waals surface area contributed by atoms with Crippen LogP contribution in [0.5, 0.6) is 11.5 Å². The number of aliphatic hydroxyl groups is 4. The van der Waals surface area contributed by atoms with Gasteiger partial charge in [0.25, 0.3) is 0 Å². The lowest BCUT2D eigenvalue weighted by molar-refractivity contribution is -0.277. The molecule has 0 saturated carbocycles. The Morgan fingerprint density at radius 3 is 2.48 bits per heavy atom. The fourth-order valence-corrected chi connectivity index (χ4v) is 3.53. The van der Waals surface area contributed by atoms with Crippen LogP contribution in [0.25, 0.3) is 0 Å². The standard InChI is InChI=1S/C21H22O8/c22-10-17-18(24)19(25)20(26)21(29-17)27-12-6-7-13-14(23)9-15(28-16(13)8-12)11-4-2-1-3-5-11/h1-8,15,17-22,24-26H,9-10H2/t15-,17+,18+,19-,20-,21+/m0/s1. The molecule has 2 aromatic carbocycles. The highest BCUT2D eigenvalue weighted by atomic mass is 16.7. The van der Waals surface area contributed by atoms with Crippen LogP contribution in [0.1, 0.15) is 28.4 Å². The number of Topliss-reactive ketones (excluding diaryl/α,β-unsaturated/α-hetero) is 1. The maximum atomic E-state index is 12.5.